The highest BCUT2D eigenvalue weighted by Crippen LogP contribution is 2.25. The molecule has 4 nitrogen and oxygen atoms in total. The van der Waals surface area contributed by atoms with Gasteiger partial charge in [0.1, 0.15) is 0 Å². The first-order valence-corrected chi connectivity index (χ1v) is 6.42. The topological polar surface area (TPSA) is 33.7 Å². The van der Waals surface area contributed by atoms with Gasteiger partial charge in [0.25, 0.3) is 0 Å². The lowest BCUT2D eigenvalue weighted by Gasteiger charge is -2.45. The molecule has 1 N–H and O–H groups in total. The third kappa shape index (κ3) is 3.42. The van der Waals surface area contributed by atoms with Gasteiger partial charge in [-0.25, -0.2) is 4.90 Å². The van der Waals surface area contributed by atoms with Gasteiger partial charge in [-0.1, -0.05) is 6.92 Å². The van der Waals surface area contributed by atoms with Crippen molar-refractivity contribution in [2.45, 2.75) is 46.1 Å². The van der Waals surface area contributed by atoms with Crippen LogP contribution in [-0.2, 0) is 9.47 Å². The van der Waals surface area contributed by atoms with Gasteiger partial charge in [0.15, 0.2) is 0 Å². The quantitative estimate of drug-likeness (QED) is 0.700. The van der Waals surface area contributed by atoms with Crippen molar-refractivity contribution in [3.8, 4) is 0 Å². The van der Waals surface area contributed by atoms with Crippen molar-refractivity contribution in [1.82, 2.24) is 10.2 Å². The first kappa shape index (κ1) is 13.9. The van der Waals surface area contributed by atoms with Crippen molar-refractivity contribution in [1.29, 1.82) is 0 Å². The number of nitrogens with one attached hydrogen (secondary N) is 1. The number of hydrogen-bond acceptors (Lipinski definition) is 4. The van der Waals surface area contributed by atoms with E-state index < -0.39 is 5.91 Å². The molecule has 1 atom stereocenters. The van der Waals surface area contributed by atoms with Crippen LogP contribution >= 0.6 is 0 Å². The Balaban J connectivity index is 2.72. The van der Waals surface area contributed by atoms with Gasteiger partial charge >= 0.3 is 0 Å². The summed E-state index contributed by atoms with van der Waals surface area (Å²) in [6, 6.07) is 0. The van der Waals surface area contributed by atoms with Crippen LogP contribution in [0.5, 0.6) is 0 Å². The predicted octanol–water partition coefficient (Wildman–Crippen LogP) is 1.42. The van der Waals surface area contributed by atoms with Crippen LogP contribution in [0.15, 0.2) is 0 Å². The second-order valence-electron chi connectivity index (χ2n) is 4.40. The average Bonchev–Trinajstić information content (AvgIpc) is 2.29. The molecule has 4 heteroatoms. The fraction of sp³-hybridized carbons (Fsp3) is 1.00. The van der Waals surface area contributed by atoms with E-state index in [-0.39, 0.29) is 6.10 Å². The maximum absolute atomic E-state index is 6.04. The van der Waals surface area contributed by atoms with Crippen molar-refractivity contribution in [3.63, 3.8) is 0 Å². The van der Waals surface area contributed by atoms with Crippen LogP contribution in [0.3, 0.4) is 0 Å². The number of rotatable bonds is 6. The van der Waals surface area contributed by atoms with Gasteiger partial charge in [-0.05, 0) is 20.8 Å². The van der Waals surface area contributed by atoms with E-state index >= 15 is 0 Å². The largest absolute Gasteiger partial charge is 0.338 e. The minimum absolute atomic E-state index is 0.182. The number of ether oxygens (including phenoxy) is 2. The third-order valence-electron chi connectivity index (χ3n) is 2.84. The molecule has 1 unspecified atom stereocenters. The SMILES string of the molecule is CCOC(CC)(OC(C)C)N1CCNCC1. The molecule has 1 aliphatic heterocycles. The van der Waals surface area contributed by atoms with E-state index in [1.165, 1.54) is 0 Å². The second-order valence-corrected chi connectivity index (χ2v) is 4.40. The van der Waals surface area contributed by atoms with Crippen LogP contribution in [0.1, 0.15) is 34.1 Å². The normalized spacial score (nSPS) is 22.3. The Morgan fingerprint density at radius 2 is 1.88 bits per heavy atom. The monoisotopic (exact) mass is 230 g/mol. The molecule has 1 saturated heterocycles. The Hall–Kier alpha value is -0.160. The van der Waals surface area contributed by atoms with Gasteiger partial charge in [0, 0.05) is 39.2 Å². The fourth-order valence-electron chi connectivity index (χ4n) is 2.21. The Morgan fingerprint density at radius 3 is 2.31 bits per heavy atom. The van der Waals surface area contributed by atoms with Gasteiger partial charge in [-0.15, -0.1) is 0 Å². The highest BCUT2D eigenvalue weighted by atomic mass is 16.7. The molecule has 0 aromatic carbocycles. The van der Waals surface area contributed by atoms with Gasteiger partial charge < -0.3 is 14.8 Å². The van der Waals surface area contributed by atoms with Crippen LogP contribution in [0.4, 0.5) is 0 Å². The first-order chi connectivity index (χ1) is 7.64. The smallest absolute Gasteiger partial charge is 0.230 e. The van der Waals surface area contributed by atoms with Crippen molar-refractivity contribution < 1.29 is 9.47 Å². The lowest BCUT2D eigenvalue weighted by Crippen LogP contribution is -2.59. The summed E-state index contributed by atoms with van der Waals surface area (Å²) in [5.41, 5.74) is 0. The maximum atomic E-state index is 6.04. The molecular weight excluding hydrogens is 204 g/mol. The number of nitrogens with zero attached hydrogens (tertiary/aromatic N) is 1. The van der Waals surface area contributed by atoms with Crippen LogP contribution < -0.4 is 5.32 Å². The van der Waals surface area contributed by atoms with Gasteiger partial charge in [0.2, 0.25) is 5.91 Å². The molecule has 0 radical (unpaired) electrons. The highest BCUT2D eigenvalue weighted by Gasteiger charge is 2.38. The summed E-state index contributed by atoms with van der Waals surface area (Å²) in [5.74, 6) is -0.523. The molecule has 96 valence electrons. The summed E-state index contributed by atoms with van der Waals surface area (Å²) >= 11 is 0. The molecule has 0 spiro atoms. The van der Waals surface area contributed by atoms with Crippen molar-refractivity contribution in [2.75, 3.05) is 32.8 Å². The summed E-state index contributed by atoms with van der Waals surface area (Å²) < 4.78 is 11.9. The number of piperazine rings is 1. The predicted molar refractivity (Wildman–Crippen MR) is 65.3 cm³/mol. The van der Waals surface area contributed by atoms with Crippen LogP contribution in [0.2, 0.25) is 0 Å². The van der Waals surface area contributed by atoms with Gasteiger partial charge in [0.05, 0.1) is 6.10 Å². The molecule has 0 aliphatic carbocycles. The Labute approximate surface area is 99.3 Å². The summed E-state index contributed by atoms with van der Waals surface area (Å²) in [7, 11) is 0. The summed E-state index contributed by atoms with van der Waals surface area (Å²) in [4.78, 5) is 2.31. The first-order valence-electron chi connectivity index (χ1n) is 6.42. The Kier molecular flexibility index (Phi) is 5.69. The Morgan fingerprint density at radius 1 is 1.25 bits per heavy atom. The lowest BCUT2D eigenvalue weighted by atomic mass is 10.2. The third-order valence-corrected chi connectivity index (χ3v) is 2.84. The summed E-state index contributed by atoms with van der Waals surface area (Å²) in [6.45, 7) is 13.0. The summed E-state index contributed by atoms with van der Waals surface area (Å²) in [5, 5.41) is 3.35. The molecule has 0 aromatic rings. The van der Waals surface area contributed by atoms with Crippen molar-refractivity contribution >= 4 is 0 Å². The molecule has 1 aliphatic rings. The van der Waals surface area contributed by atoms with E-state index in [9.17, 15) is 0 Å². The zero-order chi connectivity index (χ0) is 12.0. The van der Waals surface area contributed by atoms with E-state index in [1.54, 1.807) is 0 Å². The molecule has 0 amide bonds. The molecule has 0 aromatic heterocycles. The van der Waals surface area contributed by atoms with E-state index in [2.05, 4.69) is 31.0 Å². The maximum Gasteiger partial charge on any atom is 0.230 e. The van der Waals surface area contributed by atoms with E-state index in [0.717, 1.165) is 32.6 Å². The highest BCUT2D eigenvalue weighted by molar-refractivity contribution is 4.77. The number of hydrogen-bond donors (Lipinski definition) is 1. The van der Waals surface area contributed by atoms with Gasteiger partial charge in [-0.3, -0.25) is 0 Å². The molecule has 0 saturated carbocycles. The zero-order valence-corrected chi connectivity index (χ0v) is 11.1. The second kappa shape index (κ2) is 6.55. The Bertz CT molecular complexity index is 193. The van der Waals surface area contributed by atoms with Crippen molar-refractivity contribution in [2.24, 2.45) is 0 Å². The van der Waals surface area contributed by atoms with Crippen LogP contribution in [-0.4, -0.2) is 49.7 Å². The molecular formula is C12H26N2O2. The standard InChI is InChI=1S/C12H26N2O2/c1-5-12(15-6-2,16-11(3)4)14-9-7-13-8-10-14/h11,13H,5-10H2,1-4H3. The summed E-state index contributed by atoms with van der Waals surface area (Å²) in [6.07, 6.45) is 1.04. The minimum Gasteiger partial charge on any atom is -0.338 e. The molecule has 16 heavy (non-hydrogen) atoms. The zero-order valence-electron chi connectivity index (χ0n) is 11.1. The molecule has 0 bridgehead atoms. The van der Waals surface area contributed by atoms with E-state index in [1.807, 2.05) is 6.92 Å². The molecule has 1 rings (SSSR count). The minimum atomic E-state index is -0.523. The van der Waals surface area contributed by atoms with E-state index in [4.69, 9.17) is 9.47 Å². The fourth-order valence-corrected chi connectivity index (χ4v) is 2.21. The lowest BCUT2D eigenvalue weighted by molar-refractivity contribution is -0.332. The molecule has 1 fully saturated rings. The average molecular weight is 230 g/mol. The van der Waals surface area contributed by atoms with Crippen molar-refractivity contribution in [3.05, 3.63) is 0 Å². The van der Waals surface area contributed by atoms with E-state index in [0.29, 0.717) is 6.61 Å². The van der Waals surface area contributed by atoms with Crippen LogP contribution in [0.25, 0.3) is 0 Å². The van der Waals surface area contributed by atoms with Gasteiger partial charge in [-0.2, -0.15) is 0 Å². The van der Waals surface area contributed by atoms with Crippen LogP contribution in [0, 0.1) is 0 Å². The molecule has 1 heterocycles.